The Morgan fingerprint density at radius 2 is 1.96 bits per heavy atom. The molecule has 1 amide bonds. The topological polar surface area (TPSA) is 66.0 Å². The number of fused-ring (bicyclic) bond motifs is 1. The molecular formula is C22H36N4O2. The van der Waals surface area contributed by atoms with E-state index in [2.05, 4.69) is 47.7 Å². The van der Waals surface area contributed by atoms with Gasteiger partial charge < -0.3 is 20.3 Å². The lowest BCUT2D eigenvalue weighted by atomic mass is 10.00. The zero-order chi connectivity index (χ0) is 20.4. The molecule has 0 radical (unpaired) electrons. The minimum atomic E-state index is 0.0704. The summed E-state index contributed by atoms with van der Waals surface area (Å²) in [4.78, 5) is 19.0. The zero-order valence-electron chi connectivity index (χ0n) is 17.8. The van der Waals surface area contributed by atoms with Gasteiger partial charge in [0.1, 0.15) is 6.54 Å². The molecule has 0 saturated carbocycles. The first kappa shape index (κ1) is 22.2. The van der Waals surface area contributed by atoms with E-state index in [0.29, 0.717) is 18.4 Å². The van der Waals surface area contributed by atoms with Crippen LogP contribution in [0.4, 0.5) is 0 Å². The zero-order valence-corrected chi connectivity index (χ0v) is 17.8. The molecule has 1 aromatic rings. The smallest absolute Gasteiger partial charge is 0.244 e. The Morgan fingerprint density at radius 3 is 2.64 bits per heavy atom. The Balaban J connectivity index is 1.85. The van der Waals surface area contributed by atoms with Crippen LogP contribution in [0, 0.1) is 5.92 Å². The van der Waals surface area contributed by atoms with Crippen molar-refractivity contribution in [1.82, 2.24) is 15.5 Å². The van der Waals surface area contributed by atoms with Crippen molar-refractivity contribution in [3.63, 3.8) is 0 Å². The predicted molar refractivity (Wildman–Crippen MR) is 114 cm³/mol. The van der Waals surface area contributed by atoms with E-state index in [-0.39, 0.29) is 18.6 Å². The normalized spacial score (nSPS) is 15.3. The van der Waals surface area contributed by atoms with Crippen molar-refractivity contribution >= 4 is 11.9 Å². The van der Waals surface area contributed by atoms with Gasteiger partial charge in [0.25, 0.3) is 0 Å². The van der Waals surface area contributed by atoms with E-state index < -0.39 is 0 Å². The molecule has 0 bridgehead atoms. The summed E-state index contributed by atoms with van der Waals surface area (Å²) in [6, 6.07) is 8.34. The highest BCUT2D eigenvalue weighted by Gasteiger charge is 2.20. The second kappa shape index (κ2) is 11.7. The van der Waals surface area contributed by atoms with Gasteiger partial charge in [0, 0.05) is 32.8 Å². The molecule has 0 fully saturated rings. The molecule has 1 atom stereocenters. The van der Waals surface area contributed by atoms with Crippen molar-refractivity contribution in [2.45, 2.75) is 53.2 Å². The third-order valence-corrected chi connectivity index (χ3v) is 5.05. The summed E-state index contributed by atoms with van der Waals surface area (Å²) in [6.45, 7) is 12.3. The van der Waals surface area contributed by atoms with Crippen molar-refractivity contribution in [2.24, 2.45) is 10.9 Å². The Bertz CT molecular complexity index is 645. The molecule has 1 aromatic carbocycles. The third kappa shape index (κ3) is 6.82. The summed E-state index contributed by atoms with van der Waals surface area (Å²) in [6.07, 6.45) is 2.06. The molecule has 6 nitrogen and oxygen atoms in total. The van der Waals surface area contributed by atoms with E-state index in [1.807, 2.05) is 24.8 Å². The SMILES string of the molecule is CCNC(=NCC(=O)N1CCc2ccccc2C1)NCCC(OCC)C(C)C. The number of nitrogens with zero attached hydrogens (tertiary/aromatic N) is 2. The van der Waals surface area contributed by atoms with Gasteiger partial charge in [-0.2, -0.15) is 0 Å². The summed E-state index contributed by atoms with van der Waals surface area (Å²) < 4.78 is 5.79. The number of hydrogen-bond donors (Lipinski definition) is 2. The number of carbonyl (C=O) groups excluding carboxylic acids is 1. The summed E-state index contributed by atoms with van der Waals surface area (Å²) in [5.74, 6) is 1.23. The van der Waals surface area contributed by atoms with Crippen LogP contribution in [0.2, 0.25) is 0 Å². The summed E-state index contributed by atoms with van der Waals surface area (Å²) >= 11 is 0. The Kier molecular flexibility index (Phi) is 9.28. The van der Waals surface area contributed by atoms with Crippen LogP contribution in [-0.2, 0) is 22.5 Å². The second-order valence-electron chi connectivity index (χ2n) is 7.48. The van der Waals surface area contributed by atoms with E-state index in [9.17, 15) is 4.79 Å². The first-order valence-corrected chi connectivity index (χ1v) is 10.5. The molecule has 1 aliphatic rings. The van der Waals surface area contributed by atoms with Crippen molar-refractivity contribution in [2.75, 3.05) is 32.8 Å². The molecule has 1 heterocycles. The lowest BCUT2D eigenvalue weighted by Crippen LogP contribution is -2.41. The second-order valence-corrected chi connectivity index (χ2v) is 7.48. The fourth-order valence-electron chi connectivity index (χ4n) is 3.45. The van der Waals surface area contributed by atoms with E-state index in [1.54, 1.807) is 0 Å². The highest BCUT2D eigenvalue weighted by Crippen LogP contribution is 2.18. The molecule has 1 aliphatic heterocycles. The van der Waals surface area contributed by atoms with Crippen LogP contribution in [0.15, 0.2) is 29.3 Å². The third-order valence-electron chi connectivity index (χ3n) is 5.05. The molecule has 0 aliphatic carbocycles. The Morgan fingerprint density at radius 1 is 1.21 bits per heavy atom. The van der Waals surface area contributed by atoms with Gasteiger partial charge in [-0.3, -0.25) is 4.79 Å². The minimum Gasteiger partial charge on any atom is -0.378 e. The number of hydrogen-bond acceptors (Lipinski definition) is 3. The standard InChI is InChI=1S/C22H36N4O2/c1-5-23-22(24-13-11-20(17(3)4)28-6-2)25-15-21(27)26-14-12-18-9-7-8-10-19(18)16-26/h7-10,17,20H,5-6,11-16H2,1-4H3,(H2,23,24,25). The van der Waals surface area contributed by atoms with E-state index in [1.165, 1.54) is 11.1 Å². The maximum absolute atomic E-state index is 12.6. The fraction of sp³-hybridized carbons (Fsp3) is 0.636. The van der Waals surface area contributed by atoms with Crippen LogP contribution in [-0.4, -0.2) is 55.7 Å². The van der Waals surface area contributed by atoms with E-state index in [0.717, 1.165) is 39.1 Å². The number of nitrogens with one attached hydrogen (secondary N) is 2. The molecule has 2 N–H and O–H groups in total. The van der Waals surface area contributed by atoms with Gasteiger partial charge in [0.2, 0.25) is 5.91 Å². The van der Waals surface area contributed by atoms with Gasteiger partial charge >= 0.3 is 0 Å². The molecule has 0 spiro atoms. The molecular weight excluding hydrogens is 352 g/mol. The van der Waals surface area contributed by atoms with Gasteiger partial charge in [-0.15, -0.1) is 0 Å². The van der Waals surface area contributed by atoms with Crippen molar-refractivity contribution in [3.05, 3.63) is 35.4 Å². The maximum Gasteiger partial charge on any atom is 0.244 e. The quantitative estimate of drug-likeness (QED) is 0.504. The van der Waals surface area contributed by atoms with E-state index in [4.69, 9.17) is 4.74 Å². The average Bonchev–Trinajstić information content (AvgIpc) is 2.70. The van der Waals surface area contributed by atoms with Crippen molar-refractivity contribution in [3.8, 4) is 0 Å². The number of guanidine groups is 1. The summed E-state index contributed by atoms with van der Waals surface area (Å²) in [7, 11) is 0. The van der Waals surface area contributed by atoms with Gasteiger partial charge in [0.15, 0.2) is 5.96 Å². The van der Waals surface area contributed by atoms with Crippen molar-refractivity contribution in [1.29, 1.82) is 0 Å². The lowest BCUT2D eigenvalue weighted by molar-refractivity contribution is -0.130. The first-order valence-electron chi connectivity index (χ1n) is 10.5. The van der Waals surface area contributed by atoms with Gasteiger partial charge in [0.05, 0.1) is 6.10 Å². The van der Waals surface area contributed by atoms with Crippen LogP contribution < -0.4 is 10.6 Å². The first-order chi connectivity index (χ1) is 13.5. The number of benzene rings is 1. The van der Waals surface area contributed by atoms with Crippen LogP contribution in [0.3, 0.4) is 0 Å². The molecule has 28 heavy (non-hydrogen) atoms. The summed E-state index contributed by atoms with van der Waals surface area (Å²) in [5.41, 5.74) is 2.59. The van der Waals surface area contributed by atoms with Crippen LogP contribution in [0.5, 0.6) is 0 Å². The molecule has 0 aromatic heterocycles. The highest BCUT2D eigenvalue weighted by molar-refractivity contribution is 5.85. The summed E-state index contributed by atoms with van der Waals surface area (Å²) in [5, 5.41) is 6.55. The monoisotopic (exact) mass is 388 g/mol. The molecule has 0 saturated heterocycles. The van der Waals surface area contributed by atoms with Gasteiger partial charge in [-0.05, 0) is 43.7 Å². The Labute approximate surface area is 169 Å². The number of ether oxygens (including phenoxy) is 1. The number of amides is 1. The highest BCUT2D eigenvalue weighted by atomic mass is 16.5. The minimum absolute atomic E-state index is 0.0704. The van der Waals surface area contributed by atoms with Crippen molar-refractivity contribution < 1.29 is 9.53 Å². The lowest BCUT2D eigenvalue weighted by Gasteiger charge is -2.28. The number of aliphatic imine (C=N–C) groups is 1. The molecule has 1 unspecified atom stereocenters. The van der Waals surface area contributed by atoms with Gasteiger partial charge in [-0.25, -0.2) is 4.99 Å². The fourth-order valence-corrected chi connectivity index (χ4v) is 3.45. The average molecular weight is 389 g/mol. The molecule has 6 heteroatoms. The number of rotatable bonds is 9. The molecule has 2 rings (SSSR count). The van der Waals surface area contributed by atoms with Gasteiger partial charge in [-0.1, -0.05) is 38.1 Å². The van der Waals surface area contributed by atoms with Crippen LogP contribution in [0.25, 0.3) is 0 Å². The van der Waals surface area contributed by atoms with Crippen LogP contribution >= 0.6 is 0 Å². The predicted octanol–water partition coefficient (Wildman–Crippen LogP) is 2.58. The van der Waals surface area contributed by atoms with E-state index >= 15 is 0 Å². The molecule has 156 valence electrons. The van der Waals surface area contributed by atoms with Crippen LogP contribution in [0.1, 0.15) is 45.2 Å². The Hall–Kier alpha value is -2.08. The largest absolute Gasteiger partial charge is 0.378 e. The number of carbonyl (C=O) groups is 1. The maximum atomic E-state index is 12.6.